The van der Waals surface area contributed by atoms with E-state index in [1.807, 2.05) is 25.1 Å². The normalized spacial score (nSPS) is 22.5. The Labute approximate surface area is 210 Å². The lowest BCUT2D eigenvalue weighted by atomic mass is 9.71. The zero-order chi connectivity index (χ0) is 25.5. The summed E-state index contributed by atoms with van der Waals surface area (Å²) in [5, 5.41) is 6.00. The number of aryl methyl sites for hydroxylation is 2. The molecular weight excluding hydrogens is 457 g/mol. The zero-order valence-electron chi connectivity index (χ0n) is 20.8. The van der Waals surface area contributed by atoms with Gasteiger partial charge in [0.1, 0.15) is 0 Å². The fourth-order valence-corrected chi connectivity index (χ4v) is 6.02. The zero-order valence-corrected chi connectivity index (χ0v) is 20.8. The van der Waals surface area contributed by atoms with E-state index in [0.29, 0.717) is 16.7 Å². The van der Waals surface area contributed by atoms with Gasteiger partial charge in [-0.1, -0.05) is 49.6 Å². The van der Waals surface area contributed by atoms with E-state index in [2.05, 4.69) is 15.6 Å². The third kappa shape index (κ3) is 4.43. The topological polar surface area (TPSA) is 91.1 Å². The molecule has 0 radical (unpaired) electrons. The molecule has 6 nitrogen and oxygen atoms in total. The molecule has 1 atom stereocenters. The van der Waals surface area contributed by atoms with Crippen LogP contribution in [0.4, 0.5) is 4.39 Å². The van der Waals surface area contributed by atoms with Crippen LogP contribution in [0.25, 0.3) is 0 Å². The Kier molecular flexibility index (Phi) is 6.18. The summed E-state index contributed by atoms with van der Waals surface area (Å²) >= 11 is 0. The standard InChI is InChI=1S/C29H32FN3O3/c1-18-13-19(2)32-27(36)23(18)17-31-26(35)20-7-6-10-28(30,16-20)22-8-9-24-21(14-22)15-25(34)33-29(24)11-4-3-5-12-29/h6-10,13-14H,3-5,11-12,15-17H2,1-2H3,(H,31,35)(H,32,36)(H,33,34). The van der Waals surface area contributed by atoms with E-state index in [0.717, 1.165) is 48.1 Å². The van der Waals surface area contributed by atoms with Gasteiger partial charge in [0.2, 0.25) is 11.8 Å². The Morgan fingerprint density at radius 1 is 1.11 bits per heavy atom. The maximum absolute atomic E-state index is 16.3. The van der Waals surface area contributed by atoms with Crippen LogP contribution >= 0.6 is 0 Å². The number of rotatable bonds is 4. The van der Waals surface area contributed by atoms with Crippen LogP contribution in [0.3, 0.4) is 0 Å². The third-order valence-electron chi connectivity index (χ3n) is 7.85. The number of H-pyrrole nitrogens is 1. The van der Waals surface area contributed by atoms with E-state index >= 15 is 4.39 Å². The highest BCUT2D eigenvalue weighted by Gasteiger charge is 2.41. The molecule has 1 spiro atoms. The van der Waals surface area contributed by atoms with Crippen molar-refractivity contribution in [3.63, 3.8) is 0 Å². The molecule has 5 rings (SSSR count). The van der Waals surface area contributed by atoms with Crippen molar-refractivity contribution in [2.24, 2.45) is 0 Å². The third-order valence-corrected chi connectivity index (χ3v) is 7.85. The van der Waals surface area contributed by atoms with E-state index in [4.69, 9.17) is 0 Å². The molecule has 1 aliphatic heterocycles. The lowest BCUT2D eigenvalue weighted by molar-refractivity contribution is -0.123. The van der Waals surface area contributed by atoms with E-state index in [9.17, 15) is 14.4 Å². The van der Waals surface area contributed by atoms with Crippen LogP contribution in [0.2, 0.25) is 0 Å². The van der Waals surface area contributed by atoms with Crippen LogP contribution in [0.1, 0.15) is 72.0 Å². The molecule has 2 aliphatic carbocycles. The van der Waals surface area contributed by atoms with Crippen LogP contribution < -0.4 is 16.2 Å². The number of carbonyl (C=O) groups is 2. The Balaban J connectivity index is 1.35. The van der Waals surface area contributed by atoms with E-state index < -0.39 is 11.6 Å². The molecule has 1 unspecified atom stereocenters. The summed E-state index contributed by atoms with van der Waals surface area (Å²) in [4.78, 5) is 40.5. The molecule has 1 aromatic carbocycles. The molecule has 1 aromatic heterocycles. The Bertz CT molecular complexity index is 1350. The first kappa shape index (κ1) is 24.2. The van der Waals surface area contributed by atoms with Crippen molar-refractivity contribution >= 4 is 11.8 Å². The predicted octanol–water partition coefficient (Wildman–Crippen LogP) is 4.19. The van der Waals surface area contributed by atoms with Gasteiger partial charge in [-0.3, -0.25) is 14.4 Å². The van der Waals surface area contributed by atoms with Gasteiger partial charge in [-0.2, -0.15) is 0 Å². The number of nitrogens with one attached hydrogen (secondary N) is 3. The van der Waals surface area contributed by atoms with Gasteiger partial charge in [-0.25, -0.2) is 4.39 Å². The molecular formula is C29H32FN3O3. The maximum atomic E-state index is 16.3. The van der Waals surface area contributed by atoms with Crippen LogP contribution in [0.15, 0.2) is 52.9 Å². The highest BCUT2D eigenvalue weighted by atomic mass is 19.1. The van der Waals surface area contributed by atoms with Gasteiger partial charge in [0.25, 0.3) is 5.56 Å². The summed E-state index contributed by atoms with van der Waals surface area (Å²) in [6.45, 7) is 3.70. The number of allylic oxidation sites excluding steroid dienone is 3. The van der Waals surface area contributed by atoms with Gasteiger partial charge in [0, 0.05) is 29.8 Å². The maximum Gasteiger partial charge on any atom is 0.253 e. The van der Waals surface area contributed by atoms with Crippen molar-refractivity contribution in [1.29, 1.82) is 0 Å². The summed E-state index contributed by atoms with van der Waals surface area (Å²) in [5.74, 6) is -0.422. The predicted molar refractivity (Wildman–Crippen MR) is 136 cm³/mol. The Morgan fingerprint density at radius 2 is 1.89 bits per heavy atom. The molecule has 1 fully saturated rings. The average molecular weight is 490 g/mol. The molecule has 1 saturated carbocycles. The van der Waals surface area contributed by atoms with Gasteiger partial charge < -0.3 is 15.6 Å². The molecule has 2 heterocycles. The number of alkyl halides is 1. The molecule has 3 aliphatic rings. The number of carbonyl (C=O) groups excluding carboxylic acids is 2. The quantitative estimate of drug-likeness (QED) is 0.602. The van der Waals surface area contributed by atoms with E-state index in [-0.39, 0.29) is 36.4 Å². The summed E-state index contributed by atoms with van der Waals surface area (Å²) in [5.41, 5.74) is 2.32. The second kappa shape index (κ2) is 9.19. The van der Waals surface area contributed by atoms with Crippen molar-refractivity contribution in [3.05, 3.63) is 91.9 Å². The lowest BCUT2D eigenvalue weighted by Gasteiger charge is -2.43. The molecule has 36 heavy (non-hydrogen) atoms. The minimum atomic E-state index is -1.86. The number of pyridine rings is 1. The fraction of sp³-hybridized carbons (Fsp3) is 0.414. The van der Waals surface area contributed by atoms with Crippen molar-refractivity contribution < 1.29 is 14.0 Å². The van der Waals surface area contributed by atoms with Crippen molar-refractivity contribution in [2.45, 2.75) is 76.5 Å². The SMILES string of the molecule is Cc1cc(C)c(CNC(=O)C2=CC=CC(F)(c3ccc4c(c3)CC(=O)NC43CCCCC3)C2)c(=O)[nH]1. The second-order valence-electron chi connectivity index (χ2n) is 10.5. The number of amides is 2. The summed E-state index contributed by atoms with van der Waals surface area (Å²) < 4.78 is 16.3. The molecule has 188 valence electrons. The lowest BCUT2D eigenvalue weighted by Crippen LogP contribution is -2.51. The number of hydrogen-bond donors (Lipinski definition) is 3. The van der Waals surface area contributed by atoms with Gasteiger partial charge >= 0.3 is 0 Å². The summed E-state index contributed by atoms with van der Waals surface area (Å²) in [6, 6.07) is 7.43. The summed E-state index contributed by atoms with van der Waals surface area (Å²) in [6.07, 6.45) is 9.87. The van der Waals surface area contributed by atoms with Crippen LogP contribution in [-0.4, -0.2) is 16.8 Å². The minimum Gasteiger partial charge on any atom is -0.348 e. The molecule has 0 saturated heterocycles. The van der Waals surface area contributed by atoms with Crippen molar-refractivity contribution in [2.75, 3.05) is 0 Å². The number of hydrogen-bond acceptors (Lipinski definition) is 3. The van der Waals surface area contributed by atoms with Crippen LogP contribution in [-0.2, 0) is 33.8 Å². The number of halogens is 1. The molecule has 7 heteroatoms. The summed E-state index contributed by atoms with van der Waals surface area (Å²) in [7, 11) is 0. The van der Waals surface area contributed by atoms with Crippen molar-refractivity contribution in [1.82, 2.24) is 15.6 Å². The molecule has 0 bridgehead atoms. The van der Waals surface area contributed by atoms with Gasteiger partial charge in [-0.05, 0) is 61.1 Å². The monoisotopic (exact) mass is 489 g/mol. The first-order chi connectivity index (χ1) is 17.2. The van der Waals surface area contributed by atoms with Crippen molar-refractivity contribution in [3.8, 4) is 0 Å². The van der Waals surface area contributed by atoms with E-state index in [1.165, 1.54) is 12.5 Å². The minimum absolute atomic E-state index is 0.0185. The van der Waals surface area contributed by atoms with Gasteiger partial charge in [-0.15, -0.1) is 0 Å². The van der Waals surface area contributed by atoms with Crippen LogP contribution in [0, 0.1) is 13.8 Å². The number of aromatic nitrogens is 1. The number of aromatic amines is 1. The van der Waals surface area contributed by atoms with E-state index in [1.54, 1.807) is 25.1 Å². The number of fused-ring (bicyclic) bond motifs is 2. The largest absolute Gasteiger partial charge is 0.348 e. The molecule has 3 N–H and O–H groups in total. The fourth-order valence-electron chi connectivity index (χ4n) is 6.02. The number of benzene rings is 1. The highest BCUT2D eigenvalue weighted by Crippen LogP contribution is 2.44. The second-order valence-corrected chi connectivity index (χ2v) is 10.5. The molecule has 2 amide bonds. The highest BCUT2D eigenvalue weighted by molar-refractivity contribution is 5.94. The Hall–Kier alpha value is -3.48. The van der Waals surface area contributed by atoms with Gasteiger partial charge in [0.05, 0.1) is 12.0 Å². The first-order valence-corrected chi connectivity index (χ1v) is 12.7. The Morgan fingerprint density at radius 3 is 2.64 bits per heavy atom. The average Bonchev–Trinajstić information content (AvgIpc) is 2.83. The van der Waals surface area contributed by atoms with Crippen LogP contribution in [0.5, 0.6) is 0 Å². The smallest absolute Gasteiger partial charge is 0.253 e. The molecule has 2 aromatic rings. The van der Waals surface area contributed by atoms with Gasteiger partial charge in [0.15, 0.2) is 5.67 Å². The first-order valence-electron chi connectivity index (χ1n) is 12.7.